The van der Waals surface area contributed by atoms with Crippen LogP contribution in [0.25, 0.3) is 0 Å². The van der Waals surface area contributed by atoms with Crippen molar-refractivity contribution in [2.24, 2.45) is 53.3 Å². The Morgan fingerprint density at radius 2 is 0.623 bits per heavy atom. The standard InChI is InChI=1S/C14H26.C13H23NO.C13H24.C12H20N2.C11H20N2/c1-13(2,3)11-9-7-8-10-12(11)14(4,5)6;1-12(2,3)9-7-8-10(15)14-11(9)13(4,5)6;1-12(2,3)10-8-7-9-11(10)13(4,5)6;1-11(2,3)9-10(12(4,5)6)14-8-7-13-9;1-10(2,3)8-9(11(4,5)6)13-7-12-8/h7-10H2,1-6H3;7-8H2,1-6H3,(H,14,15);7-9H2,1-6H3;7-8H,1-6H3;7H2,1-6H3. The molecule has 0 atom stereocenters. The Kier molecular flexibility index (Phi) is 21.7. The van der Waals surface area contributed by atoms with Gasteiger partial charge in [0.05, 0.1) is 22.8 Å². The first-order valence-corrected chi connectivity index (χ1v) is 27.0. The highest BCUT2D eigenvalue weighted by atomic mass is 16.1. The van der Waals surface area contributed by atoms with Crippen molar-refractivity contribution in [3.05, 3.63) is 57.3 Å². The summed E-state index contributed by atoms with van der Waals surface area (Å²) in [5.74, 6) is 0.160. The zero-order valence-corrected chi connectivity index (χ0v) is 51.4. The van der Waals surface area contributed by atoms with Gasteiger partial charge in [-0.25, -0.2) is 0 Å². The van der Waals surface area contributed by atoms with Crippen LogP contribution in [0.5, 0.6) is 0 Å². The van der Waals surface area contributed by atoms with Gasteiger partial charge in [0, 0.05) is 51.6 Å². The first-order chi connectivity index (χ1) is 30.5. The minimum Gasteiger partial charge on any atom is -0.329 e. The molecule has 69 heavy (non-hydrogen) atoms. The quantitative estimate of drug-likeness (QED) is 0.263. The van der Waals surface area contributed by atoms with Gasteiger partial charge in [0.15, 0.2) is 0 Å². The van der Waals surface area contributed by atoms with E-state index >= 15 is 0 Å². The highest BCUT2D eigenvalue weighted by Crippen LogP contribution is 2.46. The minimum atomic E-state index is 0.0265. The molecule has 0 saturated carbocycles. The number of nitrogens with zero attached hydrogens (tertiary/aromatic N) is 4. The van der Waals surface area contributed by atoms with Gasteiger partial charge in [-0.15, -0.1) is 0 Å². The predicted molar refractivity (Wildman–Crippen MR) is 306 cm³/mol. The largest absolute Gasteiger partial charge is 0.329 e. The molecule has 0 radical (unpaired) electrons. The molecule has 3 heterocycles. The number of amides is 1. The predicted octanol–water partition coefficient (Wildman–Crippen LogP) is 18.8. The Morgan fingerprint density at radius 1 is 0.333 bits per heavy atom. The van der Waals surface area contributed by atoms with Gasteiger partial charge in [-0.3, -0.25) is 24.7 Å². The number of nitrogens with one attached hydrogen (secondary N) is 1. The van der Waals surface area contributed by atoms with Gasteiger partial charge in [-0.05, 0) is 84.0 Å². The molecule has 5 rings (SSSR count). The number of rotatable bonds is 0. The molecule has 0 fully saturated rings. The smallest absolute Gasteiger partial charge is 0.224 e. The number of allylic oxidation sites excluding steroid dienone is 6. The highest BCUT2D eigenvalue weighted by molar-refractivity contribution is 6.46. The lowest BCUT2D eigenvalue weighted by Gasteiger charge is -2.36. The summed E-state index contributed by atoms with van der Waals surface area (Å²) in [5.41, 5.74) is 16.1. The molecule has 0 saturated heterocycles. The Hall–Kier alpha value is -2.89. The number of aliphatic imine (C=N–C) groups is 2. The van der Waals surface area contributed by atoms with Crippen molar-refractivity contribution >= 4 is 17.3 Å². The van der Waals surface area contributed by atoms with Gasteiger partial charge in [0.2, 0.25) is 5.91 Å². The van der Waals surface area contributed by atoms with Crippen LogP contribution in [-0.4, -0.2) is 34.0 Å². The lowest BCUT2D eigenvalue weighted by Crippen LogP contribution is -2.37. The van der Waals surface area contributed by atoms with Gasteiger partial charge < -0.3 is 5.32 Å². The van der Waals surface area contributed by atoms with E-state index in [2.05, 4.69) is 233 Å². The summed E-state index contributed by atoms with van der Waals surface area (Å²) in [7, 11) is 0. The molecule has 6 nitrogen and oxygen atoms in total. The number of hydrogen-bond acceptors (Lipinski definition) is 5. The van der Waals surface area contributed by atoms with Crippen molar-refractivity contribution in [2.45, 2.75) is 276 Å². The van der Waals surface area contributed by atoms with Gasteiger partial charge in [-0.1, -0.05) is 230 Å². The van der Waals surface area contributed by atoms with E-state index in [4.69, 9.17) is 0 Å². The molecule has 396 valence electrons. The van der Waals surface area contributed by atoms with Crippen LogP contribution in [0.15, 0.2) is 55.9 Å². The van der Waals surface area contributed by atoms with Crippen LogP contribution in [0.1, 0.15) is 277 Å². The zero-order valence-electron chi connectivity index (χ0n) is 51.4. The Balaban J connectivity index is 0.000000432. The van der Waals surface area contributed by atoms with E-state index in [0.717, 1.165) is 23.5 Å². The maximum atomic E-state index is 11.4. The summed E-state index contributed by atoms with van der Waals surface area (Å²) in [6, 6.07) is 0. The van der Waals surface area contributed by atoms with Crippen LogP contribution < -0.4 is 5.32 Å². The number of aromatic nitrogens is 2. The van der Waals surface area contributed by atoms with E-state index in [1.54, 1.807) is 34.7 Å². The van der Waals surface area contributed by atoms with Crippen LogP contribution in [-0.2, 0) is 15.6 Å². The molecule has 0 bridgehead atoms. The van der Waals surface area contributed by atoms with Crippen molar-refractivity contribution < 1.29 is 4.79 Å². The van der Waals surface area contributed by atoms with Gasteiger partial charge in [0.1, 0.15) is 6.67 Å². The summed E-state index contributed by atoms with van der Waals surface area (Å²) >= 11 is 0. The molecule has 0 aromatic carbocycles. The fraction of sp³-hybridized carbons (Fsp3) is 0.794. The first-order valence-electron chi connectivity index (χ1n) is 27.0. The second kappa shape index (κ2) is 23.3. The molecule has 0 spiro atoms. The fourth-order valence-electron chi connectivity index (χ4n) is 9.94. The zero-order chi connectivity index (χ0) is 54.4. The van der Waals surface area contributed by atoms with Crippen LogP contribution in [0.4, 0.5) is 0 Å². The molecular formula is C63H113N5O. The van der Waals surface area contributed by atoms with E-state index < -0.39 is 0 Å². The number of carbonyl (C=O) groups excluding carboxylic acids is 1. The Labute approximate surface area is 429 Å². The normalized spacial score (nSPS) is 18.1. The second-order valence-corrected chi connectivity index (χ2v) is 30.8. The number of carbonyl (C=O) groups is 1. The average Bonchev–Trinajstić information content (AvgIpc) is 3.86. The van der Waals surface area contributed by atoms with Crippen LogP contribution in [0, 0.1) is 43.3 Å². The first kappa shape index (κ1) is 64.1. The second-order valence-electron chi connectivity index (χ2n) is 30.8. The van der Waals surface area contributed by atoms with E-state index in [-0.39, 0.29) is 38.4 Å². The average molecular weight is 957 g/mol. The third kappa shape index (κ3) is 20.6. The minimum absolute atomic E-state index is 0.0265. The Morgan fingerprint density at radius 3 is 0.870 bits per heavy atom. The SMILES string of the molecule is CC(C)(C)C1=C(C(C)(C)C)CCC1.CC(C)(C)C1=C(C(C)(C)C)CCCC1.CC(C)(C)C1=C(C(C)(C)C)NC(=O)CC1.CC(C)(C)C1=NCN=C1C(C)(C)C.CC(C)(C)c1nccnc1C(C)(C)C. The van der Waals surface area contributed by atoms with Crippen LogP contribution in [0.3, 0.4) is 0 Å². The Bertz CT molecular complexity index is 1900. The third-order valence-electron chi connectivity index (χ3n) is 13.4. The molecule has 2 aliphatic carbocycles. The molecule has 1 N–H and O–H groups in total. The van der Waals surface area contributed by atoms with Crippen molar-refractivity contribution in [3.63, 3.8) is 0 Å². The lowest BCUT2D eigenvalue weighted by atomic mass is 9.69. The maximum absolute atomic E-state index is 11.4. The molecule has 1 amide bonds. The van der Waals surface area contributed by atoms with Gasteiger partial charge in [-0.2, -0.15) is 0 Å². The molecule has 0 unspecified atom stereocenters. The molecule has 4 aliphatic rings. The van der Waals surface area contributed by atoms with E-state index in [9.17, 15) is 4.79 Å². The fourth-order valence-corrected chi connectivity index (χ4v) is 9.94. The van der Waals surface area contributed by atoms with Crippen LogP contribution >= 0.6 is 0 Å². The molecular weight excluding hydrogens is 843 g/mol. The summed E-state index contributed by atoms with van der Waals surface area (Å²) in [6.45, 7) is 68.2. The monoisotopic (exact) mass is 956 g/mol. The van der Waals surface area contributed by atoms with Gasteiger partial charge >= 0.3 is 0 Å². The van der Waals surface area contributed by atoms with Crippen molar-refractivity contribution in [2.75, 3.05) is 6.67 Å². The van der Waals surface area contributed by atoms with E-state index in [0.29, 0.717) is 34.7 Å². The summed E-state index contributed by atoms with van der Waals surface area (Å²) in [4.78, 5) is 29.3. The van der Waals surface area contributed by atoms with Gasteiger partial charge in [0.25, 0.3) is 0 Å². The molecule has 2 aliphatic heterocycles. The maximum Gasteiger partial charge on any atom is 0.224 e. The van der Waals surface area contributed by atoms with Crippen molar-refractivity contribution in [3.8, 4) is 0 Å². The van der Waals surface area contributed by atoms with E-state index in [1.165, 1.54) is 61.9 Å². The topological polar surface area (TPSA) is 79.6 Å². The highest BCUT2D eigenvalue weighted by Gasteiger charge is 2.35. The number of hydrogen-bond donors (Lipinski definition) is 1. The summed E-state index contributed by atoms with van der Waals surface area (Å²) in [5, 5.41) is 3.05. The van der Waals surface area contributed by atoms with Crippen molar-refractivity contribution in [1.29, 1.82) is 0 Å². The summed E-state index contributed by atoms with van der Waals surface area (Å²) in [6.07, 6.45) is 14.6. The van der Waals surface area contributed by atoms with Crippen LogP contribution in [0.2, 0.25) is 0 Å². The lowest BCUT2D eigenvalue weighted by molar-refractivity contribution is -0.121. The molecule has 1 aromatic rings. The van der Waals surface area contributed by atoms with Crippen molar-refractivity contribution in [1.82, 2.24) is 15.3 Å². The van der Waals surface area contributed by atoms with E-state index in [1.807, 2.05) is 0 Å². The summed E-state index contributed by atoms with van der Waals surface area (Å²) < 4.78 is 0. The molecule has 1 aromatic heterocycles. The third-order valence-corrected chi connectivity index (χ3v) is 13.4. The molecule has 6 heteroatoms.